The van der Waals surface area contributed by atoms with E-state index in [0.29, 0.717) is 17.3 Å². The number of nitrogens with two attached hydrogens (primary N) is 1. The molecular formula is C19H23N3S. The van der Waals surface area contributed by atoms with Gasteiger partial charge in [0.2, 0.25) is 0 Å². The predicted octanol–water partition coefficient (Wildman–Crippen LogP) is 4.72. The van der Waals surface area contributed by atoms with Crippen LogP contribution in [0.3, 0.4) is 0 Å². The third-order valence-corrected chi connectivity index (χ3v) is 6.05. The fraction of sp³-hybridized carbons (Fsp3) is 0.474. The standard InChI is InChI=1S/C19H23N3S/c1-11-7-8-23-17(11)16-13-9-12(19(2,3)4)5-6-15(13)22-18(21)14(16)10-20/h7-8,12H,5-6,9H2,1-4H3,(H2,21,22). The smallest absolute Gasteiger partial charge is 0.142 e. The molecule has 0 saturated heterocycles. The van der Waals surface area contributed by atoms with Gasteiger partial charge in [-0.25, -0.2) is 4.98 Å². The molecule has 0 spiro atoms. The number of fused-ring (bicyclic) bond motifs is 1. The van der Waals surface area contributed by atoms with Crippen LogP contribution >= 0.6 is 11.3 Å². The van der Waals surface area contributed by atoms with Crippen LogP contribution in [0, 0.1) is 29.6 Å². The number of anilines is 1. The van der Waals surface area contributed by atoms with E-state index in [9.17, 15) is 5.26 Å². The summed E-state index contributed by atoms with van der Waals surface area (Å²) in [6, 6.07) is 4.41. The molecule has 1 aliphatic rings. The Balaban J connectivity index is 2.24. The monoisotopic (exact) mass is 325 g/mol. The molecule has 1 unspecified atom stereocenters. The summed E-state index contributed by atoms with van der Waals surface area (Å²) in [6.45, 7) is 9.00. The summed E-state index contributed by atoms with van der Waals surface area (Å²) in [5.74, 6) is 0.981. The first-order chi connectivity index (χ1) is 10.8. The molecule has 1 aliphatic carbocycles. The minimum atomic E-state index is 0.258. The van der Waals surface area contributed by atoms with Crippen molar-refractivity contribution in [3.63, 3.8) is 0 Å². The lowest BCUT2D eigenvalue weighted by Crippen LogP contribution is -2.28. The minimum absolute atomic E-state index is 0.258. The van der Waals surface area contributed by atoms with E-state index >= 15 is 0 Å². The van der Waals surface area contributed by atoms with Crippen molar-refractivity contribution in [2.24, 2.45) is 11.3 Å². The lowest BCUT2D eigenvalue weighted by Gasteiger charge is -2.35. The second-order valence-electron chi connectivity index (χ2n) is 7.52. The van der Waals surface area contributed by atoms with Crippen molar-refractivity contribution in [2.75, 3.05) is 5.73 Å². The van der Waals surface area contributed by atoms with E-state index in [0.717, 1.165) is 30.5 Å². The summed E-state index contributed by atoms with van der Waals surface area (Å²) in [4.78, 5) is 5.73. The summed E-state index contributed by atoms with van der Waals surface area (Å²) in [5.41, 5.74) is 11.5. The zero-order chi connectivity index (χ0) is 16.8. The minimum Gasteiger partial charge on any atom is -0.383 e. The van der Waals surface area contributed by atoms with Crippen molar-refractivity contribution >= 4 is 17.2 Å². The lowest BCUT2D eigenvalue weighted by atomic mass is 9.70. The Kier molecular flexibility index (Phi) is 3.93. The summed E-state index contributed by atoms with van der Waals surface area (Å²) in [6.07, 6.45) is 3.07. The number of aryl methyl sites for hydroxylation is 2. The first kappa shape index (κ1) is 16.0. The van der Waals surface area contributed by atoms with E-state index < -0.39 is 0 Å². The van der Waals surface area contributed by atoms with Crippen molar-refractivity contribution < 1.29 is 0 Å². The molecule has 0 radical (unpaired) electrons. The van der Waals surface area contributed by atoms with Crippen LogP contribution in [0.4, 0.5) is 5.82 Å². The number of hydrogen-bond acceptors (Lipinski definition) is 4. The Bertz CT molecular complexity index is 790. The highest BCUT2D eigenvalue weighted by molar-refractivity contribution is 7.13. The molecule has 120 valence electrons. The van der Waals surface area contributed by atoms with Crippen molar-refractivity contribution in [1.82, 2.24) is 4.98 Å². The van der Waals surface area contributed by atoms with Gasteiger partial charge in [-0.1, -0.05) is 20.8 Å². The molecule has 0 fully saturated rings. The van der Waals surface area contributed by atoms with E-state index in [-0.39, 0.29) is 5.41 Å². The molecule has 0 aromatic carbocycles. The molecule has 0 aliphatic heterocycles. The van der Waals surface area contributed by atoms with Gasteiger partial charge >= 0.3 is 0 Å². The fourth-order valence-electron chi connectivity index (χ4n) is 3.51. The first-order valence-corrected chi connectivity index (χ1v) is 8.96. The SMILES string of the molecule is Cc1ccsc1-c1c(C#N)c(N)nc2c1CC(C(C)(C)C)CC2. The molecular weight excluding hydrogens is 302 g/mol. The molecule has 2 heterocycles. The summed E-state index contributed by atoms with van der Waals surface area (Å²) >= 11 is 1.69. The molecule has 0 saturated carbocycles. The van der Waals surface area contributed by atoms with E-state index in [4.69, 9.17) is 5.73 Å². The zero-order valence-electron chi connectivity index (χ0n) is 14.2. The van der Waals surface area contributed by atoms with Crippen LogP contribution in [0.5, 0.6) is 0 Å². The van der Waals surface area contributed by atoms with Crippen LogP contribution < -0.4 is 5.73 Å². The van der Waals surface area contributed by atoms with Crippen molar-refractivity contribution in [2.45, 2.75) is 47.0 Å². The van der Waals surface area contributed by atoms with Crippen LogP contribution in [0.15, 0.2) is 11.4 Å². The van der Waals surface area contributed by atoms with Gasteiger partial charge in [0.1, 0.15) is 17.5 Å². The number of rotatable bonds is 1. The number of nitriles is 1. The van der Waals surface area contributed by atoms with Crippen LogP contribution in [0.1, 0.15) is 49.6 Å². The highest BCUT2D eigenvalue weighted by Crippen LogP contribution is 2.44. The molecule has 0 bridgehead atoms. The van der Waals surface area contributed by atoms with Gasteiger partial charge in [-0.3, -0.25) is 0 Å². The summed E-state index contributed by atoms with van der Waals surface area (Å²) < 4.78 is 0. The van der Waals surface area contributed by atoms with Crippen LogP contribution in [0.25, 0.3) is 10.4 Å². The Morgan fingerprint density at radius 3 is 2.70 bits per heavy atom. The molecule has 2 N–H and O–H groups in total. The maximum atomic E-state index is 9.65. The molecule has 3 rings (SSSR count). The van der Waals surface area contributed by atoms with Gasteiger partial charge in [-0.05, 0) is 60.1 Å². The Morgan fingerprint density at radius 2 is 2.13 bits per heavy atom. The number of nitrogen functional groups attached to an aromatic ring is 1. The van der Waals surface area contributed by atoms with Crippen molar-refractivity contribution in [1.29, 1.82) is 5.26 Å². The molecule has 0 amide bonds. The van der Waals surface area contributed by atoms with Gasteiger partial charge in [0, 0.05) is 16.1 Å². The van der Waals surface area contributed by atoms with E-state index in [1.165, 1.54) is 16.0 Å². The number of thiophene rings is 1. The molecule has 2 aromatic rings. The predicted molar refractivity (Wildman–Crippen MR) is 96.4 cm³/mol. The second kappa shape index (κ2) is 5.65. The summed E-state index contributed by atoms with van der Waals surface area (Å²) in [5, 5.41) is 11.7. The number of nitrogens with zero attached hydrogens (tertiary/aromatic N) is 2. The number of hydrogen-bond donors (Lipinski definition) is 1. The highest BCUT2D eigenvalue weighted by Gasteiger charge is 2.32. The van der Waals surface area contributed by atoms with Gasteiger partial charge in [-0.2, -0.15) is 5.26 Å². The average Bonchev–Trinajstić information content (AvgIpc) is 2.90. The van der Waals surface area contributed by atoms with Gasteiger partial charge < -0.3 is 5.73 Å². The molecule has 3 nitrogen and oxygen atoms in total. The van der Waals surface area contributed by atoms with Gasteiger partial charge in [0.05, 0.1) is 0 Å². The molecule has 2 aromatic heterocycles. The van der Waals surface area contributed by atoms with Crippen molar-refractivity contribution in [3.05, 3.63) is 33.8 Å². The number of aromatic nitrogens is 1. The summed E-state index contributed by atoms with van der Waals surface area (Å²) in [7, 11) is 0. The maximum absolute atomic E-state index is 9.65. The first-order valence-electron chi connectivity index (χ1n) is 8.08. The van der Waals surface area contributed by atoms with E-state index in [1.54, 1.807) is 11.3 Å². The average molecular weight is 325 g/mol. The van der Waals surface area contributed by atoms with Crippen LogP contribution in [0.2, 0.25) is 0 Å². The van der Waals surface area contributed by atoms with E-state index in [1.807, 2.05) is 0 Å². The largest absolute Gasteiger partial charge is 0.383 e. The van der Waals surface area contributed by atoms with Crippen LogP contribution in [-0.2, 0) is 12.8 Å². The van der Waals surface area contributed by atoms with Crippen LogP contribution in [-0.4, -0.2) is 4.98 Å². The van der Waals surface area contributed by atoms with Gasteiger partial charge in [-0.15, -0.1) is 11.3 Å². The van der Waals surface area contributed by atoms with Gasteiger partial charge in [0.25, 0.3) is 0 Å². The molecule has 4 heteroatoms. The second-order valence-corrected chi connectivity index (χ2v) is 8.44. The number of pyridine rings is 1. The third kappa shape index (κ3) is 2.74. The fourth-order valence-corrected chi connectivity index (χ4v) is 4.52. The Hall–Kier alpha value is -1.86. The topological polar surface area (TPSA) is 62.7 Å². The maximum Gasteiger partial charge on any atom is 0.142 e. The Labute approximate surface area is 142 Å². The molecule has 23 heavy (non-hydrogen) atoms. The molecule has 1 atom stereocenters. The quantitative estimate of drug-likeness (QED) is 0.825. The van der Waals surface area contributed by atoms with E-state index in [2.05, 4.69) is 50.2 Å². The lowest BCUT2D eigenvalue weighted by molar-refractivity contribution is 0.215. The van der Waals surface area contributed by atoms with Crippen molar-refractivity contribution in [3.8, 4) is 16.5 Å². The highest BCUT2D eigenvalue weighted by atomic mass is 32.1. The zero-order valence-corrected chi connectivity index (χ0v) is 15.0. The van der Waals surface area contributed by atoms with Gasteiger partial charge in [0.15, 0.2) is 0 Å². The third-order valence-electron chi connectivity index (χ3n) is 5.02. The normalized spacial score (nSPS) is 17.6. The Morgan fingerprint density at radius 1 is 1.39 bits per heavy atom.